The third-order valence-electron chi connectivity index (χ3n) is 2.69. The molecule has 0 aromatic heterocycles. The van der Waals surface area contributed by atoms with Crippen LogP contribution in [0.3, 0.4) is 0 Å². The molecule has 0 spiro atoms. The number of ether oxygens (including phenoxy) is 1. The largest absolute Gasteiger partial charge is 0.493 e. The summed E-state index contributed by atoms with van der Waals surface area (Å²) in [6.45, 7) is 6.84. The summed E-state index contributed by atoms with van der Waals surface area (Å²) < 4.78 is 11.7. The molecule has 1 unspecified atom stereocenters. The fourth-order valence-corrected chi connectivity index (χ4v) is 3.44. The van der Waals surface area contributed by atoms with Crippen molar-refractivity contribution in [3.63, 3.8) is 0 Å². The first-order chi connectivity index (χ1) is 7.97. The van der Waals surface area contributed by atoms with E-state index in [1.165, 1.54) is 0 Å². The first kappa shape index (κ1) is 12.2. The van der Waals surface area contributed by atoms with Crippen LogP contribution in [0.2, 0.25) is 19.6 Å². The highest BCUT2D eigenvalue weighted by Crippen LogP contribution is 2.40. The molecule has 0 saturated heterocycles. The summed E-state index contributed by atoms with van der Waals surface area (Å²) in [7, 11) is -1.78. The van der Waals surface area contributed by atoms with Gasteiger partial charge in [-0.15, -0.1) is 0 Å². The first-order valence-electron chi connectivity index (χ1n) is 5.81. The molecule has 1 heterocycles. The van der Waals surface area contributed by atoms with E-state index in [2.05, 4.69) is 25.7 Å². The van der Waals surface area contributed by atoms with Crippen LogP contribution in [0.15, 0.2) is 24.3 Å². The Balaban J connectivity index is 2.47. The van der Waals surface area contributed by atoms with Crippen LogP contribution in [0.25, 0.3) is 0 Å². The summed E-state index contributed by atoms with van der Waals surface area (Å²) in [5.74, 6) is 0.776. The summed E-state index contributed by atoms with van der Waals surface area (Å²) in [5.41, 5.74) is 0.0513. The fraction of sp³-hybridized carbons (Fsp3) is 0.462. The van der Waals surface area contributed by atoms with Gasteiger partial charge < -0.3 is 9.16 Å². The summed E-state index contributed by atoms with van der Waals surface area (Å²) in [6, 6.07) is 10.0. The van der Waals surface area contributed by atoms with Crippen LogP contribution in [0.1, 0.15) is 12.0 Å². The Hall–Kier alpha value is -1.31. The van der Waals surface area contributed by atoms with Crippen molar-refractivity contribution in [1.29, 1.82) is 5.26 Å². The minimum Gasteiger partial charge on any atom is -0.493 e. The summed E-state index contributed by atoms with van der Waals surface area (Å²) in [4.78, 5) is 0. The van der Waals surface area contributed by atoms with Gasteiger partial charge in [-0.2, -0.15) is 5.26 Å². The van der Waals surface area contributed by atoms with E-state index >= 15 is 0 Å². The highest BCUT2D eigenvalue weighted by Gasteiger charge is 2.42. The van der Waals surface area contributed by atoms with E-state index in [0.29, 0.717) is 13.0 Å². The summed E-state index contributed by atoms with van der Waals surface area (Å²) >= 11 is 0. The SMILES string of the molecule is C[Si](C)(C)OC1(C#N)CCOc2ccccc21. The Morgan fingerprint density at radius 3 is 2.71 bits per heavy atom. The van der Waals surface area contributed by atoms with E-state index in [9.17, 15) is 5.26 Å². The highest BCUT2D eigenvalue weighted by atomic mass is 28.4. The van der Waals surface area contributed by atoms with Gasteiger partial charge in [0.1, 0.15) is 11.8 Å². The van der Waals surface area contributed by atoms with Crippen LogP contribution in [0.4, 0.5) is 0 Å². The molecule has 0 bridgehead atoms. The third-order valence-corrected chi connectivity index (χ3v) is 3.66. The molecule has 0 amide bonds. The van der Waals surface area contributed by atoms with Gasteiger partial charge in [-0.05, 0) is 25.7 Å². The predicted octanol–water partition coefficient (Wildman–Crippen LogP) is 3.04. The van der Waals surface area contributed by atoms with Crippen LogP contribution in [-0.2, 0) is 10.0 Å². The maximum Gasteiger partial charge on any atom is 0.186 e. The highest BCUT2D eigenvalue weighted by molar-refractivity contribution is 6.69. The molecule has 17 heavy (non-hydrogen) atoms. The average Bonchev–Trinajstić information content (AvgIpc) is 2.27. The van der Waals surface area contributed by atoms with Crippen molar-refractivity contribution in [3.8, 4) is 11.8 Å². The Bertz CT molecular complexity index is 461. The van der Waals surface area contributed by atoms with Crippen LogP contribution in [0, 0.1) is 11.3 Å². The van der Waals surface area contributed by atoms with E-state index in [0.717, 1.165) is 11.3 Å². The van der Waals surface area contributed by atoms with Crippen molar-refractivity contribution >= 4 is 8.32 Å². The van der Waals surface area contributed by atoms with E-state index < -0.39 is 13.9 Å². The molecule has 1 atom stereocenters. The maximum atomic E-state index is 9.54. The second-order valence-corrected chi connectivity index (χ2v) is 9.68. The third kappa shape index (κ3) is 2.35. The Morgan fingerprint density at radius 2 is 2.06 bits per heavy atom. The minimum absolute atomic E-state index is 0.537. The number of nitriles is 1. The molecule has 4 heteroatoms. The quantitative estimate of drug-likeness (QED) is 0.754. The van der Waals surface area contributed by atoms with Gasteiger partial charge in [0, 0.05) is 12.0 Å². The van der Waals surface area contributed by atoms with Crippen molar-refractivity contribution in [3.05, 3.63) is 29.8 Å². The number of hydrogen-bond donors (Lipinski definition) is 0. The molecule has 3 nitrogen and oxygen atoms in total. The van der Waals surface area contributed by atoms with Crippen LogP contribution in [-0.4, -0.2) is 14.9 Å². The standard InChI is InChI=1S/C13H17NO2Si/c1-17(2,3)16-13(10-14)8-9-15-12-7-5-4-6-11(12)13/h4-7H,8-9H2,1-3H3. The fourth-order valence-electron chi connectivity index (χ4n) is 2.13. The monoisotopic (exact) mass is 247 g/mol. The normalized spacial score (nSPS) is 23.4. The molecule has 0 radical (unpaired) electrons. The maximum absolute atomic E-state index is 9.54. The molecule has 0 aliphatic carbocycles. The van der Waals surface area contributed by atoms with Gasteiger partial charge in [-0.1, -0.05) is 18.2 Å². The summed E-state index contributed by atoms with van der Waals surface area (Å²) in [6.07, 6.45) is 0.602. The topological polar surface area (TPSA) is 42.2 Å². The van der Waals surface area contributed by atoms with Crippen molar-refractivity contribution in [1.82, 2.24) is 0 Å². The molecule has 0 N–H and O–H groups in total. The van der Waals surface area contributed by atoms with Crippen molar-refractivity contribution < 1.29 is 9.16 Å². The lowest BCUT2D eigenvalue weighted by Crippen LogP contribution is -2.42. The molecule has 2 rings (SSSR count). The van der Waals surface area contributed by atoms with E-state index in [1.54, 1.807) is 0 Å². The number of rotatable bonds is 2. The summed E-state index contributed by atoms with van der Waals surface area (Å²) in [5, 5.41) is 9.54. The lowest BCUT2D eigenvalue weighted by atomic mass is 9.90. The second kappa shape index (κ2) is 4.17. The Morgan fingerprint density at radius 1 is 1.35 bits per heavy atom. The van der Waals surface area contributed by atoms with E-state index in [1.807, 2.05) is 24.3 Å². The van der Waals surface area contributed by atoms with Crippen molar-refractivity contribution in [2.45, 2.75) is 31.7 Å². The lowest BCUT2D eigenvalue weighted by Gasteiger charge is -2.37. The van der Waals surface area contributed by atoms with Gasteiger partial charge in [-0.25, -0.2) is 0 Å². The number of para-hydroxylation sites is 1. The second-order valence-electron chi connectivity index (χ2n) is 5.25. The van der Waals surface area contributed by atoms with Gasteiger partial charge >= 0.3 is 0 Å². The predicted molar refractivity (Wildman–Crippen MR) is 68.3 cm³/mol. The van der Waals surface area contributed by atoms with Gasteiger partial charge in [0.15, 0.2) is 13.9 Å². The van der Waals surface area contributed by atoms with Gasteiger partial charge in [0.2, 0.25) is 0 Å². The zero-order valence-electron chi connectivity index (χ0n) is 10.5. The van der Waals surface area contributed by atoms with Crippen LogP contribution in [0.5, 0.6) is 5.75 Å². The van der Waals surface area contributed by atoms with Crippen LogP contribution < -0.4 is 4.74 Å². The molecule has 0 saturated carbocycles. The smallest absolute Gasteiger partial charge is 0.186 e. The molecule has 1 aromatic carbocycles. The zero-order valence-corrected chi connectivity index (χ0v) is 11.5. The zero-order chi connectivity index (χ0) is 12.5. The van der Waals surface area contributed by atoms with E-state index in [4.69, 9.17) is 9.16 Å². The number of benzene rings is 1. The molecule has 1 aliphatic heterocycles. The average molecular weight is 247 g/mol. The molecule has 0 fully saturated rings. The van der Waals surface area contributed by atoms with Gasteiger partial charge in [-0.3, -0.25) is 0 Å². The van der Waals surface area contributed by atoms with Crippen molar-refractivity contribution in [2.24, 2.45) is 0 Å². The molecular weight excluding hydrogens is 230 g/mol. The Kier molecular flexibility index (Phi) is 2.98. The minimum atomic E-state index is -1.78. The number of hydrogen-bond acceptors (Lipinski definition) is 3. The molecule has 1 aromatic rings. The van der Waals surface area contributed by atoms with Gasteiger partial charge in [0.25, 0.3) is 0 Å². The number of fused-ring (bicyclic) bond motifs is 1. The molecular formula is C13H17NO2Si. The molecule has 1 aliphatic rings. The van der Waals surface area contributed by atoms with Gasteiger partial charge in [0.05, 0.1) is 6.61 Å². The first-order valence-corrected chi connectivity index (χ1v) is 9.21. The lowest BCUT2D eigenvalue weighted by molar-refractivity contribution is 0.0664. The van der Waals surface area contributed by atoms with E-state index in [-0.39, 0.29) is 0 Å². The van der Waals surface area contributed by atoms with Crippen LogP contribution >= 0.6 is 0 Å². The Labute approximate surface area is 103 Å². The number of nitrogens with zero attached hydrogens (tertiary/aromatic N) is 1. The van der Waals surface area contributed by atoms with Crippen molar-refractivity contribution in [2.75, 3.05) is 6.61 Å². The molecule has 90 valence electrons.